The van der Waals surface area contributed by atoms with E-state index in [1.807, 2.05) is 24.7 Å². The molecule has 1 heterocycles. The SMILES string of the molecule is COC(=O)CC(C)SCCc1nccn1C. The minimum atomic E-state index is -0.142. The lowest BCUT2D eigenvalue weighted by molar-refractivity contribution is -0.140. The Balaban J connectivity index is 2.20. The number of carbonyl (C=O) groups excluding carboxylic acids is 1. The van der Waals surface area contributed by atoms with Crippen LogP contribution in [-0.4, -0.2) is 33.6 Å². The Morgan fingerprint density at radius 2 is 2.44 bits per heavy atom. The van der Waals surface area contributed by atoms with Crippen molar-refractivity contribution in [3.8, 4) is 0 Å². The first-order valence-electron chi connectivity index (χ1n) is 5.28. The standard InChI is InChI=1S/C11H18N2O2S/c1-9(8-11(14)15-3)16-7-4-10-12-5-6-13(10)2/h5-6,9H,4,7-8H2,1-3H3. The molecular formula is C11H18N2O2S. The van der Waals surface area contributed by atoms with Crippen LogP contribution < -0.4 is 0 Å². The highest BCUT2D eigenvalue weighted by molar-refractivity contribution is 7.99. The molecule has 0 aromatic carbocycles. The number of hydrogen-bond acceptors (Lipinski definition) is 4. The van der Waals surface area contributed by atoms with E-state index in [-0.39, 0.29) is 5.97 Å². The second-order valence-corrected chi connectivity index (χ2v) is 5.21. The van der Waals surface area contributed by atoms with Crippen molar-refractivity contribution in [1.29, 1.82) is 0 Å². The Labute approximate surface area is 100 Å². The number of aryl methyl sites for hydroxylation is 2. The summed E-state index contributed by atoms with van der Waals surface area (Å²) >= 11 is 1.77. The van der Waals surface area contributed by atoms with Crippen LogP contribution in [0.25, 0.3) is 0 Å². The molecule has 0 aliphatic heterocycles. The monoisotopic (exact) mass is 242 g/mol. The van der Waals surface area contributed by atoms with Crippen LogP contribution in [0.15, 0.2) is 12.4 Å². The first-order valence-corrected chi connectivity index (χ1v) is 6.33. The van der Waals surface area contributed by atoms with Crippen LogP contribution in [0.2, 0.25) is 0 Å². The fraction of sp³-hybridized carbons (Fsp3) is 0.636. The van der Waals surface area contributed by atoms with Crippen LogP contribution in [0.4, 0.5) is 0 Å². The molecule has 0 saturated heterocycles. The van der Waals surface area contributed by atoms with Crippen LogP contribution in [0.5, 0.6) is 0 Å². The number of imidazole rings is 1. The molecule has 0 spiro atoms. The third-order valence-corrected chi connectivity index (χ3v) is 3.51. The highest BCUT2D eigenvalue weighted by Gasteiger charge is 2.09. The fourth-order valence-corrected chi connectivity index (χ4v) is 2.32. The van der Waals surface area contributed by atoms with Gasteiger partial charge in [0.05, 0.1) is 13.5 Å². The smallest absolute Gasteiger partial charge is 0.306 e. The van der Waals surface area contributed by atoms with Crippen molar-refractivity contribution in [2.24, 2.45) is 7.05 Å². The zero-order valence-electron chi connectivity index (χ0n) is 9.97. The van der Waals surface area contributed by atoms with Crippen molar-refractivity contribution in [3.05, 3.63) is 18.2 Å². The van der Waals surface area contributed by atoms with E-state index in [0.717, 1.165) is 18.0 Å². The van der Waals surface area contributed by atoms with Crippen molar-refractivity contribution in [2.45, 2.75) is 25.0 Å². The molecule has 16 heavy (non-hydrogen) atoms. The molecule has 0 aliphatic carbocycles. The summed E-state index contributed by atoms with van der Waals surface area (Å²) in [6.45, 7) is 2.04. The van der Waals surface area contributed by atoms with Gasteiger partial charge in [-0.05, 0) is 0 Å². The van der Waals surface area contributed by atoms with E-state index in [1.54, 1.807) is 18.0 Å². The molecule has 1 aromatic heterocycles. The number of esters is 1. The second kappa shape index (κ2) is 6.58. The maximum Gasteiger partial charge on any atom is 0.306 e. The van der Waals surface area contributed by atoms with Crippen LogP contribution in [0, 0.1) is 0 Å². The molecule has 1 unspecified atom stereocenters. The number of hydrogen-bond donors (Lipinski definition) is 0. The molecule has 90 valence electrons. The van der Waals surface area contributed by atoms with Crippen molar-refractivity contribution in [1.82, 2.24) is 9.55 Å². The van der Waals surface area contributed by atoms with Crippen molar-refractivity contribution >= 4 is 17.7 Å². The number of nitrogens with zero attached hydrogens (tertiary/aromatic N) is 2. The van der Waals surface area contributed by atoms with Crippen LogP contribution in [0.1, 0.15) is 19.2 Å². The maximum absolute atomic E-state index is 11.0. The zero-order chi connectivity index (χ0) is 12.0. The Morgan fingerprint density at radius 1 is 1.69 bits per heavy atom. The predicted molar refractivity (Wildman–Crippen MR) is 65.5 cm³/mol. The van der Waals surface area contributed by atoms with Gasteiger partial charge in [-0.2, -0.15) is 11.8 Å². The van der Waals surface area contributed by atoms with Gasteiger partial charge in [0.15, 0.2) is 0 Å². The normalized spacial score (nSPS) is 12.4. The van der Waals surface area contributed by atoms with E-state index in [1.165, 1.54) is 7.11 Å². The average molecular weight is 242 g/mol. The molecule has 1 rings (SSSR count). The van der Waals surface area contributed by atoms with Gasteiger partial charge in [-0.15, -0.1) is 0 Å². The summed E-state index contributed by atoms with van der Waals surface area (Å²) in [6, 6.07) is 0. The van der Waals surface area contributed by atoms with Gasteiger partial charge < -0.3 is 9.30 Å². The average Bonchev–Trinajstić information content (AvgIpc) is 2.64. The van der Waals surface area contributed by atoms with Gasteiger partial charge >= 0.3 is 5.97 Å². The number of methoxy groups -OCH3 is 1. The number of thioether (sulfide) groups is 1. The molecule has 1 aromatic rings. The lowest BCUT2D eigenvalue weighted by atomic mass is 10.3. The third kappa shape index (κ3) is 4.26. The maximum atomic E-state index is 11.0. The number of aromatic nitrogens is 2. The molecule has 0 N–H and O–H groups in total. The van der Waals surface area contributed by atoms with Crippen molar-refractivity contribution < 1.29 is 9.53 Å². The van der Waals surface area contributed by atoms with Gasteiger partial charge in [-0.25, -0.2) is 4.98 Å². The van der Waals surface area contributed by atoms with Crippen LogP contribution >= 0.6 is 11.8 Å². The lowest BCUT2D eigenvalue weighted by Gasteiger charge is -2.09. The summed E-state index contributed by atoms with van der Waals surface area (Å²) in [6.07, 6.45) is 5.15. The molecule has 0 radical (unpaired) electrons. The highest BCUT2D eigenvalue weighted by Crippen LogP contribution is 2.15. The second-order valence-electron chi connectivity index (χ2n) is 3.67. The van der Waals surface area contributed by atoms with E-state index in [2.05, 4.69) is 9.72 Å². The first kappa shape index (κ1) is 13.1. The summed E-state index contributed by atoms with van der Waals surface area (Å²) in [5.74, 6) is 1.91. The molecule has 0 saturated carbocycles. The van der Waals surface area contributed by atoms with E-state index in [0.29, 0.717) is 11.7 Å². The minimum absolute atomic E-state index is 0.142. The molecule has 0 amide bonds. The topological polar surface area (TPSA) is 44.1 Å². The lowest BCUT2D eigenvalue weighted by Crippen LogP contribution is -2.10. The molecule has 0 fully saturated rings. The fourth-order valence-electron chi connectivity index (χ4n) is 1.37. The quantitative estimate of drug-likeness (QED) is 0.711. The van der Waals surface area contributed by atoms with E-state index < -0.39 is 0 Å². The molecule has 5 heteroatoms. The summed E-state index contributed by atoms with van der Waals surface area (Å²) in [5.41, 5.74) is 0. The number of ether oxygens (including phenoxy) is 1. The van der Waals surface area contributed by atoms with Gasteiger partial charge in [0.1, 0.15) is 5.82 Å². The summed E-state index contributed by atoms with van der Waals surface area (Å²) < 4.78 is 6.64. The predicted octanol–water partition coefficient (Wildman–Crippen LogP) is 1.65. The first-order chi connectivity index (χ1) is 7.63. The third-order valence-electron chi connectivity index (χ3n) is 2.33. The van der Waals surface area contributed by atoms with Gasteiger partial charge in [-0.1, -0.05) is 6.92 Å². The zero-order valence-corrected chi connectivity index (χ0v) is 10.8. The largest absolute Gasteiger partial charge is 0.469 e. The molecule has 0 bridgehead atoms. The van der Waals surface area contributed by atoms with Gasteiger partial charge in [0, 0.05) is 36.9 Å². The summed E-state index contributed by atoms with van der Waals surface area (Å²) in [4.78, 5) is 15.3. The molecule has 1 atom stereocenters. The van der Waals surface area contributed by atoms with Gasteiger partial charge in [0.25, 0.3) is 0 Å². The molecular weight excluding hydrogens is 224 g/mol. The summed E-state index contributed by atoms with van der Waals surface area (Å²) in [7, 11) is 3.42. The number of rotatable bonds is 6. The van der Waals surface area contributed by atoms with Crippen molar-refractivity contribution in [3.63, 3.8) is 0 Å². The number of carbonyl (C=O) groups is 1. The minimum Gasteiger partial charge on any atom is -0.469 e. The Kier molecular flexibility index (Phi) is 5.38. The summed E-state index contributed by atoms with van der Waals surface area (Å²) in [5, 5.41) is 0.299. The van der Waals surface area contributed by atoms with Crippen molar-refractivity contribution in [2.75, 3.05) is 12.9 Å². The Morgan fingerprint density at radius 3 is 3.00 bits per heavy atom. The highest BCUT2D eigenvalue weighted by atomic mass is 32.2. The van der Waals surface area contributed by atoms with E-state index >= 15 is 0 Å². The van der Waals surface area contributed by atoms with Gasteiger partial charge in [0.2, 0.25) is 0 Å². The molecule has 4 nitrogen and oxygen atoms in total. The van der Waals surface area contributed by atoms with Gasteiger partial charge in [-0.3, -0.25) is 4.79 Å². The Bertz CT molecular complexity index is 338. The Hall–Kier alpha value is -0.970. The van der Waals surface area contributed by atoms with Crippen LogP contribution in [0.3, 0.4) is 0 Å². The van der Waals surface area contributed by atoms with E-state index in [9.17, 15) is 4.79 Å². The van der Waals surface area contributed by atoms with E-state index in [4.69, 9.17) is 0 Å². The molecule has 0 aliphatic rings. The van der Waals surface area contributed by atoms with Crippen LogP contribution in [-0.2, 0) is 23.0 Å².